The van der Waals surface area contributed by atoms with Crippen molar-refractivity contribution in [2.24, 2.45) is 0 Å². The average molecular weight is 588 g/mol. The molecule has 0 aliphatic carbocycles. The highest BCUT2D eigenvalue weighted by molar-refractivity contribution is 8.00. The van der Waals surface area contributed by atoms with Gasteiger partial charge in [0.05, 0.1) is 5.25 Å². The normalized spacial score (nSPS) is 11.8. The Morgan fingerprint density at radius 2 is 1.54 bits per heavy atom. The average Bonchev–Trinajstić information content (AvgIpc) is 2.97. The minimum absolute atomic E-state index is 0.130. The molecule has 0 bridgehead atoms. The molecule has 0 aromatic heterocycles. The summed E-state index contributed by atoms with van der Waals surface area (Å²) in [4.78, 5) is 39.8. The van der Waals surface area contributed by atoms with E-state index < -0.39 is 22.9 Å². The maximum Gasteiger partial charge on any atom is 0.272 e. The van der Waals surface area contributed by atoms with Gasteiger partial charge in [-0.2, -0.15) is 0 Å². The van der Waals surface area contributed by atoms with Crippen molar-refractivity contribution in [1.29, 1.82) is 0 Å². The second kappa shape index (κ2) is 14.3. The maximum atomic E-state index is 14.4. The quantitative estimate of drug-likeness (QED) is 0.133. The molecule has 4 aromatic rings. The zero-order valence-corrected chi connectivity index (χ0v) is 23.6. The summed E-state index contributed by atoms with van der Waals surface area (Å²) in [5.74, 6) is -1.85. The second-order valence-electron chi connectivity index (χ2n) is 8.90. The summed E-state index contributed by atoms with van der Waals surface area (Å²) in [6.45, 7) is 1.91. The summed E-state index contributed by atoms with van der Waals surface area (Å²) in [7, 11) is 0. The Hall–Kier alpha value is -4.40. The first kappa shape index (κ1) is 29.6. The van der Waals surface area contributed by atoms with Crippen LogP contribution in [0.4, 0.5) is 15.8 Å². The summed E-state index contributed by atoms with van der Waals surface area (Å²) in [6, 6.07) is 28.3. The lowest BCUT2D eigenvalue weighted by Gasteiger charge is -2.16. The van der Waals surface area contributed by atoms with Crippen LogP contribution in [-0.4, -0.2) is 23.0 Å². The van der Waals surface area contributed by atoms with Gasteiger partial charge in [-0.1, -0.05) is 67.1 Å². The number of amides is 3. The van der Waals surface area contributed by atoms with E-state index >= 15 is 0 Å². The summed E-state index contributed by atoms with van der Waals surface area (Å²) in [5.41, 5.74) is 1.41. The molecule has 208 valence electrons. The van der Waals surface area contributed by atoms with E-state index in [9.17, 15) is 18.8 Å². The van der Waals surface area contributed by atoms with E-state index in [1.807, 2.05) is 13.0 Å². The lowest BCUT2D eigenvalue weighted by Crippen LogP contribution is -2.30. The van der Waals surface area contributed by atoms with E-state index in [1.54, 1.807) is 78.9 Å². The smallest absolute Gasteiger partial charge is 0.272 e. The van der Waals surface area contributed by atoms with E-state index in [0.29, 0.717) is 28.4 Å². The van der Waals surface area contributed by atoms with Crippen LogP contribution in [0.5, 0.6) is 0 Å². The van der Waals surface area contributed by atoms with E-state index in [1.165, 1.54) is 36.0 Å². The zero-order valence-electron chi connectivity index (χ0n) is 22.1. The number of carbonyl (C=O) groups is 3. The van der Waals surface area contributed by atoms with Crippen LogP contribution in [0, 0.1) is 5.82 Å². The molecule has 1 atom stereocenters. The van der Waals surface area contributed by atoms with Gasteiger partial charge in [0, 0.05) is 32.4 Å². The lowest BCUT2D eigenvalue weighted by molar-refractivity contribution is -0.116. The molecular weight excluding hydrogens is 561 g/mol. The number of carbonyl (C=O) groups excluding carboxylic acids is 3. The van der Waals surface area contributed by atoms with Crippen LogP contribution in [-0.2, 0) is 9.59 Å². The molecule has 0 saturated carbocycles. The molecule has 0 heterocycles. The molecule has 3 amide bonds. The Kier molecular flexibility index (Phi) is 10.3. The molecule has 0 aliphatic heterocycles. The predicted octanol–water partition coefficient (Wildman–Crippen LogP) is 7.40. The third kappa shape index (κ3) is 8.54. The standard InChI is InChI=1S/C32H27ClFN3O3S/c1-2-29(32(40)36-24-14-8-13-23(33)19-24)41-26-16-9-15-25(20-26)35-31(39)28(18-22-12-6-7-17-27(22)34)37-30(38)21-10-4-3-5-11-21/h3-20,29H,2H2,1H3,(H,35,39)(H,36,40)(H,37,38)/b28-18-. The van der Waals surface area contributed by atoms with Crippen LogP contribution < -0.4 is 16.0 Å². The SMILES string of the molecule is CCC(Sc1cccc(NC(=O)/C(=C/c2ccccc2F)NC(=O)c2ccccc2)c1)C(=O)Nc1cccc(Cl)c1. The van der Waals surface area contributed by atoms with Crippen LogP contribution in [0.25, 0.3) is 6.08 Å². The highest BCUT2D eigenvalue weighted by Gasteiger charge is 2.20. The van der Waals surface area contributed by atoms with Gasteiger partial charge in [-0.05, 0) is 67.1 Å². The predicted molar refractivity (Wildman–Crippen MR) is 163 cm³/mol. The molecule has 0 saturated heterocycles. The summed E-state index contributed by atoms with van der Waals surface area (Å²) in [5, 5.41) is 8.38. The van der Waals surface area contributed by atoms with Gasteiger partial charge >= 0.3 is 0 Å². The summed E-state index contributed by atoms with van der Waals surface area (Å²) >= 11 is 7.38. The number of halogens is 2. The van der Waals surface area contributed by atoms with Crippen LogP contribution in [0.3, 0.4) is 0 Å². The van der Waals surface area contributed by atoms with E-state index in [4.69, 9.17) is 11.6 Å². The molecule has 0 aliphatic rings. The first-order chi connectivity index (χ1) is 19.8. The Balaban J connectivity index is 1.51. The van der Waals surface area contributed by atoms with E-state index in [0.717, 1.165) is 4.90 Å². The third-order valence-electron chi connectivity index (χ3n) is 5.86. The zero-order chi connectivity index (χ0) is 29.2. The topological polar surface area (TPSA) is 87.3 Å². The molecule has 3 N–H and O–H groups in total. The van der Waals surface area contributed by atoms with Crippen molar-refractivity contribution < 1.29 is 18.8 Å². The molecule has 0 spiro atoms. The molecule has 9 heteroatoms. The molecule has 41 heavy (non-hydrogen) atoms. The van der Waals surface area contributed by atoms with Gasteiger partial charge in [0.1, 0.15) is 11.5 Å². The molecule has 0 fully saturated rings. The highest BCUT2D eigenvalue weighted by Crippen LogP contribution is 2.29. The van der Waals surface area contributed by atoms with Crippen molar-refractivity contribution in [3.63, 3.8) is 0 Å². The first-order valence-electron chi connectivity index (χ1n) is 12.8. The summed E-state index contributed by atoms with van der Waals surface area (Å²) in [6.07, 6.45) is 1.85. The Morgan fingerprint density at radius 3 is 2.24 bits per heavy atom. The molecule has 4 aromatic carbocycles. The third-order valence-corrected chi connectivity index (χ3v) is 7.45. The highest BCUT2D eigenvalue weighted by atomic mass is 35.5. The van der Waals surface area contributed by atoms with Gasteiger partial charge in [0.2, 0.25) is 5.91 Å². The van der Waals surface area contributed by atoms with E-state index in [-0.39, 0.29) is 17.2 Å². The molecular formula is C32H27ClFN3O3S. The van der Waals surface area contributed by atoms with Gasteiger partial charge in [-0.15, -0.1) is 11.8 Å². The number of rotatable bonds is 10. The number of benzene rings is 4. The van der Waals surface area contributed by atoms with Crippen LogP contribution in [0.1, 0.15) is 29.3 Å². The minimum Gasteiger partial charge on any atom is -0.325 e. The van der Waals surface area contributed by atoms with Crippen LogP contribution in [0.15, 0.2) is 114 Å². The van der Waals surface area contributed by atoms with Crippen molar-refractivity contribution in [2.75, 3.05) is 10.6 Å². The van der Waals surface area contributed by atoms with Gasteiger partial charge in [0.15, 0.2) is 0 Å². The van der Waals surface area contributed by atoms with Crippen molar-refractivity contribution >= 4 is 58.5 Å². The minimum atomic E-state index is -0.634. The van der Waals surface area contributed by atoms with Crippen LogP contribution in [0.2, 0.25) is 5.02 Å². The Morgan fingerprint density at radius 1 is 0.854 bits per heavy atom. The number of hydrogen-bond acceptors (Lipinski definition) is 4. The van der Waals surface area contributed by atoms with Crippen molar-refractivity contribution in [3.8, 4) is 0 Å². The summed E-state index contributed by atoms with van der Waals surface area (Å²) < 4.78 is 14.4. The number of hydrogen-bond donors (Lipinski definition) is 3. The second-order valence-corrected chi connectivity index (χ2v) is 10.6. The number of thioether (sulfide) groups is 1. The molecule has 4 rings (SSSR count). The van der Waals surface area contributed by atoms with Gasteiger partial charge in [-0.3, -0.25) is 14.4 Å². The van der Waals surface area contributed by atoms with Crippen LogP contribution >= 0.6 is 23.4 Å². The number of nitrogens with one attached hydrogen (secondary N) is 3. The Labute approximate surface area is 247 Å². The van der Waals surface area contributed by atoms with E-state index in [2.05, 4.69) is 16.0 Å². The Bertz CT molecular complexity index is 1580. The van der Waals surface area contributed by atoms with Gasteiger partial charge in [0.25, 0.3) is 11.8 Å². The molecule has 1 unspecified atom stereocenters. The first-order valence-corrected chi connectivity index (χ1v) is 14.0. The molecule has 0 radical (unpaired) electrons. The molecule has 6 nitrogen and oxygen atoms in total. The maximum absolute atomic E-state index is 14.4. The van der Waals surface area contributed by atoms with Crippen molar-refractivity contribution in [3.05, 3.63) is 131 Å². The fourth-order valence-electron chi connectivity index (χ4n) is 3.81. The van der Waals surface area contributed by atoms with Crippen molar-refractivity contribution in [1.82, 2.24) is 5.32 Å². The van der Waals surface area contributed by atoms with Gasteiger partial charge in [-0.25, -0.2) is 4.39 Å². The van der Waals surface area contributed by atoms with Crippen molar-refractivity contribution in [2.45, 2.75) is 23.5 Å². The fourth-order valence-corrected chi connectivity index (χ4v) is 5.01. The lowest BCUT2D eigenvalue weighted by atomic mass is 10.1. The van der Waals surface area contributed by atoms with Gasteiger partial charge < -0.3 is 16.0 Å². The largest absolute Gasteiger partial charge is 0.325 e. The fraction of sp³-hybridized carbons (Fsp3) is 0.0938. The number of anilines is 2. The monoisotopic (exact) mass is 587 g/mol.